The molecule has 3 heteroatoms. The van der Waals surface area contributed by atoms with Crippen molar-refractivity contribution < 1.29 is 14.3 Å². The largest absolute Gasteiger partial charge is 0.455 e. The van der Waals surface area contributed by atoms with Crippen LogP contribution < -0.4 is 0 Å². The predicted molar refractivity (Wildman–Crippen MR) is 121 cm³/mol. The molecule has 3 nitrogen and oxygen atoms in total. The summed E-state index contributed by atoms with van der Waals surface area (Å²) in [6.45, 7) is 8.91. The summed E-state index contributed by atoms with van der Waals surface area (Å²) in [4.78, 5) is 12.8. The van der Waals surface area contributed by atoms with Crippen molar-refractivity contribution in [1.82, 2.24) is 0 Å². The molecule has 1 aliphatic rings. The lowest BCUT2D eigenvalue weighted by molar-refractivity contribution is -0.161. The van der Waals surface area contributed by atoms with E-state index in [4.69, 9.17) is 9.47 Å². The van der Waals surface area contributed by atoms with Gasteiger partial charge < -0.3 is 9.47 Å². The van der Waals surface area contributed by atoms with E-state index >= 15 is 0 Å². The maximum atomic E-state index is 12.8. The molecule has 0 amide bonds. The zero-order valence-electron chi connectivity index (χ0n) is 18.8. The van der Waals surface area contributed by atoms with Crippen LogP contribution in [0.15, 0.2) is 60.7 Å². The molecule has 0 aromatic heterocycles. The van der Waals surface area contributed by atoms with Crippen LogP contribution in [0.3, 0.4) is 0 Å². The number of benzene rings is 2. The van der Waals surface area contributed by atoms with E-state index in [1.807, 2.05) is 48.5 Å². The molecule has 30 heavy (non-hydrogen) atoms. The van der Waals surface area contributed by atoms with Gasteiger partial charge in [-0.2, -0.15) is 0 Å². The van der Waals surface area contributed by atoms with Crippen molar-refractivity contribution in [1.29, 1.82) is 0 Å². The number of hydrogen-bond donors (Lipinski definition) is 0. The molecule has 1 aliphatic carbocycles. The molecule has 0 spiro atoms. The van der Waals surface area contributed by atoms with Gasteiger partial charge in [-0.25, -0.2) is 4.79 Å². The van der Waals surface area contributed by atoms with Crippen molar-refractivity contribution >= 4 is 5.97 Å². The fraction of sp³-hybridized carbons (Fsp3) is 0.519. The first-order valence-electron chi connectivity index (χ1n) is 11.4. The number of rotatable bonds is 8. The molecule has 162 valence electrons. The van der Waals surface area contributed by atoms with Crippen molar-refractivity contribution in [3.05, 3.63) is 71.8 Å². The summed E-state index contributed by atoms with van der Waals surface area (Å²) in [5.41, 5.74) is 2.16. The molecular weight excluding hydrogens is 372 g/mol. The van der Waals surface area contributed by atoms with Crippen LogP contribution in [-0.4, -0.2) is 18.7 Å². The third kappa shape index (κ3) is 5.95. The van der Waals surface area contributed by atoms with Gasteiger partial charge in [-0.3, -0.25) is 0 Å². The summed E-state index contributed by atoms with van der Waals surface area (Å²) in [6, 6.07) is 20.2. The van der Waals surface area contributed by atoms with Gasteiger partial charge in [0.05, 0.1) is 6.10 Å². The third-order valence-corrected chi connectivity index (χ3v) is 6.54. The second kappa shape index (κ2) is 10.8. The summed E-state index contributed by atoms with van der Waals surface area (Å²) in [7, 11) is 0. The van der Waals surface area contributed by atoms with Crippen molar-refractivity contribution in [2.45, 2.75) is 65.1 Å². The quantitative estimate of drug-likeness (QED) is 0.465. The van der Waals surface area contributed by atoms with Crippen LogP contribution in [0.1, 0.15) is 70.1 Å². The highest BCUT2D eigenvalue weighted by Crippen LogP contribution is 2.36. The van der Waals surface area contributed by atoms with Crippen molar-refractivity contribution in [2.24, 2.45) is 17.8 Å². The molecule has 2 aromatic rings. The van der Waals surface area contributed by atoms with E-state index < -0.39 is 0 Å². The Bertz CT molecular complexity index is 771. The number of hydrogen-bond acceptors (Lipinski definition) is 3. The van der Waals surface area contributed by atoms with E-state index in [1.54, 1.807) is 0 Å². The first kappa shape index (κ1) is 22.6. The molecular formula is C27H36O3. The van der Waals surface area contributed by atoms with Crippen LogP contribution in [0.2, 0.25) is 0 Å². The summed E-state index contributed by atoms with van der Waals surface area (Å²) in [5, 5.41) is 0. The molecule has 0 aliphatic heterocycles. The van der Waals surface area contributed by atoms with Crippen LogP contribution in [-0.2, 0) is 14.3 Å². The van der Waals surface area contributed by atoms with E-state index in [9.17, 15) is 4.79 Å². The molecule has 2 aromatic carbocycles. The Labute approximate surface area is 181 Å². The Morgan fingerprint density at radius 3 is 2.13 bits per heavy atom. The molecule has 0 bridgehead atoms. The number of carbonyl (C=O) groups is 1. The highest BCUT2D eigenvalue weighted by molar-refractivity contribution is 5.71. The van der Waals surface area contributed by atoms with E-state index in [2.05, 4.69) is 39.8 Å². The first-order valence-corrected chi connectivity index (χ1v) is 11.4. The first-order chi connectivity index (χ1) is 14.5. The summed E-state index contributed by atoms with van der Waals surface area (Å²) < 4.78 is 12.1. The van der Waals surface area contributed by atoms with Crippen LogP contribution >= 0.6 is 0 Å². The standard InChI is InChI=1S/C27H36O3/c1-19(2)24-16-15-20(3)17-25(24)29-18-26(28)30-27(23-13-9-6-10-14-23)21(4)22-11-7-5-8-12-22/h5-14,19-21,24-25,27H,15-18H2,1-4H3/t20-,21-,24+,25-,27+/m1/s1. The Balaban J connectivity index is 1.67. The third-order valence-electron chi connectivity index (χ3n) is 6.54. The fourth-order valence-electron chi connectivity index (χ4n) is 4.69. The van der Waals surface area contributed by atoms with Gasteiger partial charge in [0.1, 0.15) is 12.7 Å². The molecule has 0 N–H and O–H groups in total. The predicted octanol–water partition coefficient (Wildman–Crippen LogP) is 6.55. The number of ether oxygens (including phenoxy) is 2. The average Bonchev–Trinajstić information content (AvgIpc) is 2.76. The molecule has 1 saturated carbocycles. The van der Waals surface area contributed by atoms with Crippen LogP contribution in [0.5, 0.6) is 0 Å². The lowest BCUT2D eigenvalue weighted by atomic mass is 9.75. The van der Waals surface area contributed by atoms with Crippen molar-refractivity contribution in [2.75, 3.05) is 6.61 Å². The molecule has 1 fully saturated rings. The van der Waals surface area contributed by atoms with Gasteiger partial charge in [-0.15, -0.1) is 0 Å². The Morgan fingerprint density at radius 2 is 1.53 bits per heavy atom. The lowest BCUT2D eigenvalue weighted by Crippen LogP contribution is -2.36. The second-order valence-electron chi connectivity index (χ2n) is 9.20. The molecule has 3 rings (SSSR count). The second-order valence-corrected chi connectivity index (χ2v) is 9.20. The lowest BCUT2D eigenvalue weighted by Gasteiger charge is -2.37. The van der Waals surface area contributed by atoms with E-state index in [1.165, 1.54) is 12.8 Å². The highest BCUT2D eigenvalue weighted by atomic mass is 16.6. The van der Waals surface area contributed by atoms with E-state index in [0.717, 1.165) is 17.5 Å². The minimum absolute atomic E-state index is 0.0193. The van der Waals surface area contributed by atoms with Gasteiger partial charge in [0.15, 0.2) is 0 Å². The number of esters is 1. The molecule has 5 atom stereocenters. The SMILES string of the molecule is CC(C)[C@@H]1CC[C@@H](C)C[C@H]1OCC(=O)O[C@H](c1ccccc1)[C@H](C)c1ccccc1. The zero-order chi connectivity index (χ0) is 21.5. The van der Waals surface area contributed by atoms with Crippen molar-refractivity contribution in [3.63, 3.8) is 0 Å². The molecule has 0 radical (unpaired) electrons. The van der Waals surface area contributed by atoms with Crippen LogP contribution in [0.4, 0.5) is 0 Å². The normalized spacial score (nSPS) is 23.7. The Kier molecular flexibility index (Phi) is 8.09. The van der Waals surface area contributed by atoms with E-state index in [-0.39, 0.29) is 30.7 Å². The van der Waals surface area contributed by atoms with Gasteiger partial charge in [0.25, 0.3) is 0 Å². The topological polar surface area (TPSA) is 35.5 Å². The van der Waals surface area contributed by atoms with Crippen molar-refractivity contribution in [3.8, 4) is 0 Å². The Hall–Kier alpha value is -2.13. The van der Waals surface area contributed by atoms with Crippen LogP contribution in [0.25, 0.3) is 0 Å². The van der Waals surface area contributed by atoms with Crippen LogP contribution in [0, 0.1) is 17.8 Å². The summed E-state index contributed by atoms with van der Waals surface area (Å²) in [6.07, 6.45) is 3.26. The maximum absolute atomic E-state index is 12.8. The summed E-state index contributed by atoms with van der Waals surface area (Å²) >= 11 is 0. The fourth-order valence-corrected chi connectivity index (χ4v) is 4.69. The molecule has 0 heterocycles. The van der Waals surface area contributed by atoms with Gasteiger partial charge >= 0.3 is 5.97 Å². The monoisotopic (exact) mass is 408 g/mol. The van der Waals surface area contributed by atoms with Gasteiger partial charge in [-0.05, 0) is 41.7 Å². The average molecular weight is 409 g/mol. The summed E-state index contributed by atoms with van der Waals surface area (Å²) in [5.74, 6) is 1.50. The van der Waals surface area contributed by atoms with E-state index in [0.29, 0.717) is 17.8 Å². The zero-order valence-corrected chi connectivity index (χ0v) is 18.8. The Morgan fingerprint density at radius 1 is 0.933 bits per heavy atom. The highest BCUT2D eigenvalue weighted by Gasteiger charge is 2.32. The molecule has 0 unspecified atom stereocenters. The smallest absolute Gasteiger partial charge is 0.332 e. The minimum atomic E-state index is -0.337. The van der Waals surface area contributed by atoms with Gasteiger partial charge in [-0.1, -0.05) is 94.8 Å². The molecule has 0 saturated heterocycles. The maximum Gasteiger partial charge on any atom is 0.332 e. The number of carbonyl (C=O) groups excluding carboxylic acids is 1. The van der Waals surface area contributed by atoms with Gasteiger partial charge in [0.2, 0.25) is 0 Å². The minimum Gasteiger partial charge on any atom is -0.455 e. The van der Waals surface area contributed by atoms with Gasteiger partial charge in [0, 0.05) is 5.92 Å².